The molecule has 9 nitrogen and oxygen atoms in total. The molecule has 186 valence electrons. The second kappa shape index (κ2) is 9.34. The number of ether oxygens (including phenoxy) is 3. The molecule has 36 heavy (non-hydrogen) atoms. The average Bonchev–Trinajstić information content (AvgIpc) is 3.69. The lowest BCUT2D eigenvalue weighted by atomic mass is 10.2. The smallest absolute Gasteiger partial charge is 0.294 e. The summed E-state index contributed by atoms with van der Waals surface area (Å²) < 4.78 is 25.0. The molecule has 5 aromatic rings. The van der Waals surface area contributed by atoms with E-state index in [9.17, 15) is 0 Å². The fourth-order valence-electron chi connectivity index (χ4n) is 4.62. The maximum atomic E-state index is 6.40. The SMILES string of the molecule is CCc1ccc(N2CCC[C@H]2COc2cc(OC)cc3oc(-c4cn5nc(OC)sc5n4)cc23)nc1. The summed E-state index contributed by atoms with van der Waals surface area (Å²) in [7, 11) is 3.23. The number of aromatic nitrogens is 4. The lowest BCUT2D eigenvalue weighted by Gasteiger charge is -2.26. The molecule has 1 aliphatic rings. The summed E-state index contributed by atoms with van der Waals surface area (Å²) in [5, 5.41) is 5.78. The Bertz CT molecular complexity index is 1470. The average molecular weight is 506 g/mol. The number of methoxy groups -OCH3 is 2. The van der Waals surface area contributed by atoms with Gasteiger partial charge in [-0.1, -0.05) is 13.0 Å². The first-order valence-electron chi connectivity index (χ1n) is 12.0. The van der Waals surface area contributed by atoms with Gasteiger partial charge in [0.2, 0.25) is 4.96 Å². The number of aryl methyl sites for hydroxylation is 1. The number of benzene rings is 1. The van der Waals surface area contributed by atoms with Crippen molar-refractivity contribution in [2.45, 2.75) is 32.2 Å². The third-order valence-electron chi connectivity index (χ3n) is 6.58. The molecule has 0 unspecified atom stereocenters. The largest absolute Gasteiger partial charge is 0.496 e. The van der Waals surface area contributed by atoms with Crippen LogP contribution >= 0.6 is 11.3 Å². The van der Waals surface area contributed by atoms with Gasteiger partial charge in [-0.05, 0) is 48.3 Å². The predicted molar refractivity (Wildman–Crippen MR) is 139 cm³/mol. The minimum atomic E-state index is 0.249. The number of furan rings is 1. The van der Waals surface area contributed by atoms with Crippen LogP contribution in [0, 0.1) is 0 Å². The van der Waals surface area contributed by atoms with E-state index in [1.165, 1.54) is 16.9 Å². The molecule has 1 aliphatic heterocycles. The van der Waals surface area contributed by atoms with E-state index in [0.717, 1.165) is 47.7 Å². The number of fused-ring (bicyclic) bond motifs is 2. The van der Waals surface area contributed by atoms with E-state index >= 15 is 0 Å². The summed E-state index contributed by atoms with van der Waals surface area (Å²) in [6, 6.07) is 10.3. The number of hydrogen-bond acceptors (Lipinski definition) is 9. The second-order valence-corrected chi connectivity index (χ2v) is 9.67. The third-order valence-corrected chi connectivity index (χ3v) is 7.46. The Morgan fingerprint density at radius 1 is 1.17 bits per heavy atom. The number of imidazole rings is 1. The van der Waals surface area contributed by atoms with Gasteiger partial charge >= 0.3 is 0 Å². The lowest BCUT2D eigenvalue weighted by molar-refractivity contribution is 0.289. The van der Waals surface area contributed by atoms with E-state index in [4.69, 9.17) is 18.6 Å². The molecule has 0 N–H and O–H groups in total. The molecule has 6 rings (SSSR count). The lowest BCUT2D eigenvalue weighted by Crippen LogP contribution is -2.34. The van der Waals surface area contributed by atoms with Gasteiger partial charge in [-0.2, -0.15) is 0 Å². The molecule has 1 atom stereocenters. The highest BCUT2D eigenvalue weighted by Gasteiger charge is 2.27. The van der Waals surface area contributed by atoms with Gasteiger partial charge in [0.1, 0.15) is 35.2 Å². The van der Waals surface area contributed by atoms with Crippen LogP contribution in [-0.4, -0.2) is 53.0 Å². The summed E-state index contributed by atoms with van der Waals surface area (Å²) in [4.78, 5) is 12.4. The summed E-state index contributed by atoms with van der Waals surface area (Å²) in [6.45, 7) is 3.67. The molecule has 0 amide bonds. The zero-order valence-electron chi connectivity index (χ0n) is 20.4. The van der Waals surface area contributed by atoms with Crippen LogP contribution in [0.15, 0.2) is 47.1 Å². The van der Waals surface area contributed by atoms with E-state index in [-0.39, 0.29) is 6.04 Å². The Kier molecular flexibility index (Phi) is 5.88. The summed E-state index contributed by atoms with van der Waals surface area (Å²) in [6.07, 6.45) is 6.96. The summed E-state index contributed by atoms with van der Waals surface area (Å²) in [5.74, 6) is 3.05. The summed E-state index contributed by atoms with van der Waals surface area (Å²) >= 11 is 1.37. The van der Waals surface area contributed by atoms with Gasteiger partial charge in [-0.25, -0.2) is 14.5 Å². The van der Waals surface area contributed by atoms with E-state index in [2.05, 4.69) is 39.0 Å². The van der Waals surface area contributed by atoms with Crippen LogP contribution in [0.4, 0.5) is 5.82 Å². The molecule has 0 aliphatic carbocycles. The Morgan fingerprint density at radius 2 is 2.08 bits per heavy atom. The van der Waals surface area contributed by atoms with Crippen molar-refractivity contribution in [2.24, 2.45) is 0 Å². The number of hydrogen-bond donors (Lipinski definition) is 0. The molecule has 0 bridgehead atoms. The number of pyridine rings is 1. The van der Waals surface area contributed by atoms with Crippen molar-refractivity contribution >= 4 is 33.1 Å². The van der Waals surface area contributed by atoms with Gasteiger partial charge in [0, 0.05) is 24.9 Å². The van der Waals surface area contributed by atoms with Crippen molar-refractivity contribution in [2.75, 3.05) is 32.3 Å². The zero-order chi connectivity index (χ0) is 24.6. The number of nitrogens with zero attached hydrogens (tertiary/aromatic N) is 5. The first kappa shape index (κ1) is 22.7. The van der Waals surface area contributed by atoms with Crippen LogP contribution in [0.1, 0.15) is 25.3 Å². The van der Waals surface area contributed by atoms with Gasteiger partial charge in [-0.15, -0.1) is 5.10 Å². The van der Waals surface area contributed by atoms with Gasteiger partial charge in [0.05, 0.1) is 31.8 Å². The van der Waals surface area contributed by atoms with E-state index in [1.54, 1.807) is 18.7 Å². The standard InChI is InChI=1S/C26H27N5O4S/c1-4-16-7-8-24(27-13-16)30-9-5-6-17(30)15-34-21-10-18(32-2)11-22-19(21)12-23(35-22)20-14-31-25(28-20)36-26(29-31)33-3/h7-8,10-14,17H,4-6,9,15H2,1-3H3/t17-/m0/s1. The molecule has 0 spiro atoms. The van der Waals surface area contributed by atoms with E-state index in [0.29, 0.717) is 34.6 Å². The zero-order valence-corrected chi connectivity index (χ0v) is 21.2. The molecule has 1 saturated heterocycles. The van der Waals surface area contributed by atoms with Gasteiger partial charge in [0.25, 0.3) is 5.19 Å². The number of anilines is 1. The minimum absolute atomic E-state index is 0.249. The molecule has 1 fully saturated rings. The molecule has 10 heteroatoms. The molecule has 0 saturated carbocycles. The van der Waals surface area contributed by atoms with E-state index in [1.807, 2.05) is 30.6 Å². The van der Waals surface area contributed by atoms with Crippen molar-refractivity contribution in [1.82, 2.24) is 19.6 Å². The van der Waals surface area contributed by atoms with Crippen molar-refractivity contribution < 1.29 is 18.6 Å². The first-order valence-corrected chi connectivity index (χ1v) is 12.8. The van der Waals surface area contributed by atoms with Crippen LogP contribution in [-0.2, 0) is 6.42 Å². The quantitative estimate of drug-likeness (QED) is 0.283. The van der Waals surface area contributed by atoms with Crippen LogP contribution in [0.5, 0.6) is 16.7 Å². The molecule has 1 aromatic carbocycles. The molecule has 5 heterocycles. The molecular formula is C26H27N5O4S. The topological polar surface area (TPSA) is 87.2 Å². The molecule has 4 aromatic heterocycles. The van der Waals surface area contributed by atoms with Crippen LogP contribution < -0.4 is 19.1 Å². The molecule has 0 radical (unpaired) electrons. The predicted octanol–water partition coefficient (Wildman–Crippen LogP) is 5.23. The Morgan fingerprint density at radius 3 is 2.83 bits per heavy atom. The normalized spacial score (nSPS) is 15.8. The van der Waals surface area contributed by atoms with Crippen LogP contribution in [0.25, 0.3) is 27.4 Å². The number of rotatable bonds is 8. The highest BCUT2D eigenvalue weighted by Crippen LogP contribution is 2.38. The molecular weight excluding hydrogens is 478 g/mol. The highest BCUT2D eigenvalue weighted by molar-refractivity contribution is 7.18. The maximum Gasteiger partial charge on any atom is 0.294 e. The Hall–Kier alpha value is -3.79. The van der Waals surface area contributed by atoms with Crippen LogP contribution in [0.2, 0.25) is 0 Å². The maximum absolute atomic E-state index is 6.40. The highest BCUT2D eigenvalue weighted by atomic mass is 32.1. The fourth-order valence-corrected chi connectivity index (χ4v) is 5.32. The van der Waals surface area contributed by atoms with Gasteiger partial charge in [-0.3, -0.25) is 0 Å². The van der Waals surface area contributed by atoms with Crippen molar-refractivity contribution in [3.63, 3.8) is 0 Å². The third kappa shape index (κ3) is 4.11. The van der Waals surface area contributed by atoms with Gasteiger partial charge in [0.15, 0.2) is 5.76 Å². The first-order chi connectivity index (χ1) is 17.6. The fraction of sp³-hybridized carbons (Fsp3) is 0.346. The Labute approximate surface area is 212 Å². The minimum Gasteiger partial charge on any atom is -0.496 e. The van der Waals surface area contributed by atoms with Crippen molar-refractivity contribution in [3.05, 3.63) is 48.3 Å². The van der Waals surface area contributed by atoms with Crippen molar-refractivity contribution in [1.29, 1.82) is 0 Å². The second-order valence-electron chi connectivity index (χ2n) is 8.75. The van der Waals surface area contributed by atoms with Crippen molar-refractivity contribution in [3.8, 4) is 28.1 Å². The van der Waals surface area contributed by atoms with Gasteiger partial charge < -0.3 is 23.5 Å². The monoisotopic (exact) mass is 505 g/mol. The van der Waals surface area contributed by atoms with Crippen LogP contribution in [0.3, 0.4) is 0 Å². The Balaban J connectivity index is 1.26. The summed E-state index contributed by atoms with van der Waals surface area (Å²) in [5.41, 5.74) is 2.62. The van der Waals surface area contributed by atoms with E-state index < -0.39 is 0 Å².